The molecule has 0 amide bonds. The molecule has 0 N–H and O–H groups in total. The molecule has 2 nitrogen and oxygen atoms in total. The van der Waals surface area contributed by atoms with E-state index in [0.717, 1.165) is 19.6 Å². The maximum atomic E-state index is 5.20. The molecule has 2 unspecified atom stereocenters. The van der Waals surface area contributed by atoms with Gasteiger partial charge in [0.1, 0.15) is 0 Å². The molecule has 9 heavy (non-hydrogen) atoms. The van der Waals surface area contributed by atoms with Crippen LogP contribution in [0.5, 0.6) is 0 Å². The molecule has 0 aromatic carbocycles. The first kappa shape index (κ1) is 7.03. The van der Waals surface area contributed by atoms with Crippen molar-refractivity contribution in [2.45, 2.75) is 19.4 Å². The van der Waals surface area contributed by atoms with Crippen LogP contribution in [0.3, 0.4) is 0 Å². The van der Waals surface area contributed by atoms with Crippen molar-refractivity contribution >= 4 is 0 Å². The Morgan fingerprint density at radius 1 is 1.67 bits per heavy atom. The second-order valence-corrected chi connectivity index (χ2v) is 2.56. The van der Waals surface area contributed by atoms with Crippen LogP contribution < -0.4 is 0 Å². The Hall–Kier alpha value is -0.0800. The highest BCUT2D eigenvalue weighted by Gasteiger charge is 2.21. The number of methoxy groups -OCH3 is 1. The summed E-state index contributed by atoms with van der Waals surface area (Å²) < 4.78 is 10.4. The first-order valence-electron chi connectivity index (χ1n) is 3.45. The highest BCUT2D eigenvalue weighted by molar-refractivity contribution is 4.69. The number of ether oxygens (including phenoxy) is 2. The topological polar surface area (TPSA) is 18.5 Å². The molecule has 0 spiro atoms. The predicted octanol–water partition coefficient (Wildman–Crippen LogP) is 1.06. The summed E-state index contributed by atoms with van der Waals surface area (Å²) in [5.74, 6) is 0.634. The van der Waals surface area contributed by atoms with Crippen LogP contribution >= 0.6 is 0 Å². The van der Waals surface area contributed by atoms with Gasteiger partial charge in [-0.15, -0.1) is 0 Å². The van der Waals surface area contributed by atoms with Crippen molar-refractivity contribution in [1.82, 2.24) is 0 Å². The number of rotatable bonds is 2. The summed E-state index contributed by atoms with van der Waals surface area (Å²) in [6.07, 6.45) is 1.53. The molecule has 0 bridgehead atoms. The molecule has 1 aliphatic rings. The highest BCUT2D eigenvalue weighted by Crippen LogP contribution is 2.17. The van der Waals surface area contributed by atoms with Gasteiger partial charge in [0.15, 0.2) is 0 Å². The maximum absolute atomic E-state index is 5.20. The molecule has 1 rings (SSSR count). The van der Waals surface area contributed by atoms with Gasteiger partial charge in [0.25, 0.3) is 0 Å². The summed E-state index contributed by atoms with van der Waals surface area (Å²) in [6.45, 7) is 3.90. The Bertz CT molecular complexity index is 77.0. The van der Waals surface area contributed by atoms with E-state index in [1.807, 2.05) is 0 Å². The van der Waals surface area contributed by atoms with Crippen LogP contribution in [0, 0.1) is 5.92 Å². The summed E-state index contributed by atoms with van der Waals surface area (Å²) in [5.41, 5.74) is 0. The highest BCUT2D eigenvalue weighted by atomic mass is 16.5. The summed E-state index contributed by atoms with van der Waals surface area (Å²) in [6, 6.07) is 0. The van der Waals surface area contributed by atoms with Gasteiger partial charge in [-0.2, -0.15) is 0 Å². The molecule has 0 radical (unpaired) electrons. The molecule has 2 atom stereocenters. The Labute approximate surface area is 56.2 Å². The minimum atomic E-state index is 0.368. The zero-order valence-electron chi connectivity index (χ0n) is 6.09. The van der Waals surface area contributed by atoms with Gasteiger partial charge in [-0.3, -0.25) is 0 Å². The van der Waals surface area contributed by atoms with Gasteiger partial charge in [-0.1, -0.05) is 0 Å². The lowest BCUT2D eigenvalue weighted by molar-refractivity contribution is 0.0589. The van der Waals surface area contributed by atoms with Crippen molar-refractivity contribution in [2.24, 2.45) is 5.92 Å². The fourth-order valence-corrected chi connectivity index (χ4v) is 1.12. The van der Waals surface area contributed by atoms with Crippen LogP contribution in [0.4, 0.5) is 0 Å². The number of hydrogen-bond acceptors (Lipinski definition) is 2. The Balaban J connectivity index is 2.24. The molecule has 1 fully saturated rings. The second-order valence-electron chi connectivity index (χ2n) is 2.56. The van der Waals surface area contributed by atoms with E-state index >= 15 is 0 Å². The molecule has 0 aromatic rings. The zero-order chi connectivity index (χ0) is 6.69. The third kappa shape index (κ3) is 1.66. The van der Waals surface area contributed by atoms with Crippen LogP contribution in [0.2, 0.25) is 0 Å². The van der Waals surface area contributed by atoms with Crippen molar-refractivity contribution in [3.63, 3.8) is 0 Å². The van der Waals surface area contributed by atoms with Crippen LogP contribution in [-0.2, 0) is 9.47 Å². The SMILES string of the molecule is COC(C)C1CCOC1. The van der Waals surface area contributed by atoms with E-state index in [0.29, 0.717) is 12.0 Å². The molecule has 1 heterocycles. The van der Waals surface area contributed by atoms with E-state index in [9.17, 15) is 0 Å². The van der Waals surface area contributed by atoms with E-state index in [1.165, 1.54) is 0 Å². The molecule has 2 heteroatoms. The van der Waals surface area contributed by atoms with E-state index < -0.39 is 0 Å². The quantitative estimate of drug-likeness (QED) is 0.556. The lowest BCUT2D eigenvalue weighted by atomic mass is 10.0. The van der Waals surface area contributed by atoms with Crippen LogP contribution in [0.1, 0.15) is 13.3 Å². The Morgan fingerprint density at radius 2 is 2.44 bits per heavy atom. The van der Waals surface area contributed by atoms with E-state index in [4.69, 9.17) is 9.47 Å². The summed E-state index contributed by atoms with van der Waals surface area (Å²) in [7, 11) is 1.75. The lowest BCUT2D eigenvalue weighted by Gasteiger charge is -2.14. The molecule has 0 saturated carbocycles. The molecular formula is C7H14O2. The van der Waals surface area contributed by atoms with Crippen LogP contribution in [0.25, 0.3) is 0 Å². The minimum Gasteiger partial charge on any atom is -0.381 e. The monoisotopic (exact) mass is 130 g/mol. The van der Waals surface area contributed by atoms with E-state index in [2.05, 4.69) is 6.92 Å². The number of hydrogen-bond donors (Lipinski definition) is 0. The molecular weight excluding hydrogens is 116 g/mol. The Morgan fingerprint density at radius 3 is 2.89 bits per heavy atom. The smallest absolute Gasteiger partial charge is 0.0594 e. The van der Waals surface area contributed by atoms with Gasteiger partial charge in [0, 0.05) is 19.6 Å². The third-order valence-corrected chi connectivity index (χ3v) is 2.00. The summed E-state index contributed by atoms with van der Waals surface area (Å²) >= 11 is 0. The second kappa shape index (κ2) is 3.18. The van der Waals surface area contributed by atoms with Crippen LogP contribution in [0.15, 0.2) is 0 Å². The van der Waals surface area contributed by atoms with E-state index in [-0.39, 0.29) is 0 Å². The van der Waals surface area contributed by atoms with Crippen molar-refractivity contribution in [1.29, 1.82) is 0 Å². The first-order chi connectivity index (χ1) is 4.34. The maximum Gasteiger partial charge on any atom is 0.0594 e. The third-order valence-electron chi connectivity index (χ3n) is 2.00. The standard InChI is InChI=1S/C7H14O2/c1-6(8-2)7-3-4-9-5-7/h6-7H,3-5H2,1-2H3. The van der Waals surface area contributed by atoms with Crippen molar-refractivity contribution < 1.29 is 9.47 Å². The molecule has 54 valence electrons. The zero-order valence-corrected chi connectivity index (χ0v) is 6.09. The first-order valence-corrected chi connectivity index (χ1v) is 3.45. The van der Waals surface area contributed by atoms with Crippen molar-refractivity contribution in [3.05, 3.63) is 0 Å². The fraction of sp³-hybridized carbons (Fsp3) is 1.00. The Kier molecular flexibility index (Phi) is 2.49. The van der Waals surface area contributed by atoms with Crippen LogP contribution in [-0.4, -0.2) is 26.4 Å². The van der Waals surface area contributed by atoms with Crippen molar-refractivity contribution in [3.8, 4) is 0 Å². The van der Waals surface area contributed by atoms with Gasteiger partial charge in [0.05, 0.1) is 12.7 Å². The van der Waals surface area contributed by atoms with Gasteiger partial charge in [0.2, 0.25) is 0 Å². The largest absolute Gasteiger partial charge is 0.381 e. The minimum absolute atomic E-state index is 0.368. The average Bonchev–Trinajstić information content (AvgIpc) is 2.37. The van der Waals surface area contributed by atoms with Crippen molar-refractivity contribution in [2.75, 3.05) is 20.3 Å². The van der Waals surface area contributed by atoms with Gasteiger partial charge < -0.3 is 9.47 Å². The molecule has 1 aliphatic heterocycles. The average molecular weight is 130 g/mol. The fourth-order valence-electron chi connectivity index (χ4n) is 1.12. The van der Waals surface area contributed by atoms with Gasteiger partial charge >= 0.3 is 0 Å². The molecule has 0 aromatic heterocycles. The summed E-state index contributed by atoms with van der Waals surface area (Å²) in [5, 5.41) is 0. The predicted molar refractivity (Wildman–Crippen MR) is 35.4 cm³/mol. The van der Waals surface area contributed by atoms with Gasteiger partial charge in [-0.25, -0.2) is 0 Å². The van der Waals surface area contributed by atoms with Gasteiger partial charge in [-0.05, 0) is 13.3 Å². The molecule has 0 aliphatic carbocycles. The van der Waals surface area contributed by atoms with E-state index in [1.54, 1.807) is 7.11 Å². The summed E-state index contributed by atoms with van der Waals surface area (Å²) in [4.78, 5) is 0. The normalized spacial score (nSPS) is 30.7. The molecule has 1 saturated heterocycles. The lowest BCUT2D eigenvalue weighted by Crippen LogP contribution is -2.18.